The molecule has 0 amide bonds. The first-order chi connectivity index (χ1) is 4.56. The summed E-state index contributed by atoms with van der Waals surface area (Å²) in [6.45, 7) is 2.22. The Morgan fingerprint density at radius 2 is 1.90 bits per heavy atom. The molecule has 0 aliphatic heterocycles. The topological polar surface area (TPSA) is 0 Å². The van der Waals surface area contributed by atoms with Crippen LogP contribution >= 0.6 is 33.2 Å². The Labute approximate surface area is 88.0 Å². The van der Waals surface area contributed by atoms with Crippen LogP contribution < -0.4 is 21.2 Å². The third-order valence-corrected chi connectivity index (χ3v) is 6.14. The van der Waals surface area contributed by atoms with E-state index in [4.69, 9.17) is 33.2 Å². The molecule has 0 radical (unpaired) electrons. The molecule has 0 aliphatic carbocycles. The van der Waals surface area contributed by atoms with Crippen LogP contribution in [0.25, 0.3) is 0 Å². The van der Waals surface area contributed by atoms with E-state index in [-0.39, 0.29) is 0 Å². The quantitative estimate of drug-likeness (QED) is 0.221. The van der Waals surface area contributed by atoms with Crippen molar-refractivity contribution in [2.45, 2.75) is 19.4 Å². The van der Waals surface area contributed by atoms with Gasteiger partial charge in [0.25, 0.3) is 0 Å². The Kier molecular flexibility index (Phi) is 7.50. The number of hydrogen-bond donors (Lipinski definition) is 0. The molecule has 0 atom stereocenters. The fourth-order valence-corrected chi connectivity index (χ4v) is 4.68. The van der Waals surface area contributed by atoms with E-state index in [1.807, 2.05) is 0 Å². The molecule has 0 nitrogen and oxygen atoms in total. The maximum atomic E-state index is 5.69. The molecule has 0 unspecified atom stereocenters. The summed E-state index contributed by atoms with van der Waals surface area (Å²) in [7, 11) is 0. The molecule has 0 aliphatic rings. The van der Waals surface area contributed by atoms with Gasteiger partial charge in [-0.05, 0) is 0 Å². The third kappa shape index (κ3) is 9.82. The van der Waals surface area contributed by atoms with Gasteiger partial charge in [-0.2, -0.15) is 0 Å². The van der Waals surface area contributed by atoms with Gasteiger partial charge in [0.15, 0.2) is 0 Å². The zero-order valence-corrected chi connectivity index (χ0v) is 11.3. The summed E-state index contributed by atoms with van der Waals surface area (Å²) in [5.74, 6) is 0. The number of halogens is 4. The van der Waals surface area contributed by atoms with Gasteiger partial charge in [-0.25, -0.2) is 0 Å². The number of alkyl halides is 2. The zero-order valence-electron chi connectivity index (χ0n) is 5.84. The fourth-order valence-electron chi connectivity index (χ4n) is 0.495. The van der Waals surface area contributed by atoms with Crippen molar-refractivity contribution in [3.05, 3.63) is 0 Å². The summed E-state index contributed by atoms with van der Waals surface area (Å²) in [5.41, 5.74) is 0. The van der Waals surface area contributed by atoms with E-state index >= 15 is 0 Å². The Hall–Kier alpha value is 1.82. The van der Waals surface area contributed by atoms with Gasteiger partial charge in [0.1, 0.15) is 0 Å². The van der Waals surface area contributed by atoms with Crippen LogP contribution in [0, 0.1) is 0 Å². The summed E-state index contributed by atoms with van der Waals surface area (Å²) >= 11 is 17.5. The van der Waals surface area contributed by atoms with E-state index in [2.05, 4.69) is 6.92 Å². The molecular formula is C5H11Cl3ISi-. The van der Waals surface area contributed by atoms with Crippen LogP contribution in [0.4, 0.5) is 0 Å². The normalized spacial score (nSPS) is 12.4. The van der Waals surface area contributed by atoms with E-state index in [1.165, 1.54) is 8.86 Å². The number of rotatable bonds is 5. The summed E-state index contributed by atoms with van der Waals surface area (Å²) in [4.78, 5) is 0. The Bertz CT molecular complexity index is 83.5. The second-order valence-electron chi connectivity index (χ2n) is 1.86. The van der Waals surface area contributed by atoms with Gasteiger partial charge < -0.3 is 0 Å². The molecule has 0 bridgehead atoms. The van der Waals surface area contributed by atoms with Gasteiger partial charge >= 0.3 is 88.7 Å². The maximum absolute atomic E-state index is 5.69. The zero-order chi connectivity index (χ0) is 8.04. The van der Waals surface area contributed by atoms with Crippen LogP contribution in [0.5, 0.6) is 0 Å². The van der Waals surface area contributed by atoms with Crippen LogP contribution in [-0.4, -0.2) is 14.9 Å². The van der Waals surface area contributed by atoms with Crippen molar-refractivity contribution in [1.82, 2.24) is 0 Å². The summed E-state index contributed by atoms with van der Waals surface area (Å²) in [6.07, 6.45) is 1.13. The van der Waals surface area contributed by atoms with Crippen molar-refractivity contribution in [2.24, 2.45) is 0 Å². The Morgan fingerprint density at radius 3 is 2.30 bits per heavy atom. The Morgan fingerprint density at radius 1 is 1.30 bits per heavy atom. The third-order valence-electron chi connectivity index (χ3n) is 0.916. The van der Waals surface area contributed by atoms with Crippen molar-refractivity contribution in [3.8, 4) is 0 Å². The van der Waals surface area contributed by atoms with Gasteiger partial charge in [0, 0.05) is 0 Å². The second kappa shape index (κ2) is 6.35. The van der Waals surface area contributed by atoms with Crippen molar-refractivity contribution in [3.63, 3.8) is 0 Å². The van der Waals surface area contributed by atoms with Crippen LogP contribution in [0.1, 0.15) is 13.3 Å². The van der Waals surface area contributed by atoms with E-state index in [9.17, 15) is 0 Å². The van der Waals surface area contributed by atoms with Gasteiger partial charge in [-0.3, -0.25) is 0 Å². The Balaban J connectivity index is 3.04. The predicted octanol–water partition coefficient (Wildman–Crippen LogP) is 0.141. The van der Waals surface area contributed by atoms with Gasteiger partial charge in [-0.15, -0.1) is 0 Å². The van der Waals surface area contributed by atoms with Crippen molar-refractivity contribution in [2.75, 3.05) is 8.86 Å². The summed E-state index contributed by atoms with van der Waals surface area (Å²) in [6, 6.07) is -1.43. The number of hydrogen-bond acceptors (Lipinski definition) is 0. The summed E-state index contributed by atoms with van der Waals surface area (Å²) in [5, 5.41) is 0. The molecule has 0 spiro atoms. The molecule has 0 saturated heterocycles. The standard InChI is InChI=1S/C5H11Cl3ISi/c1-2-9-4-3-5-10(6,7)8/h2-5H2,1H3/q-1. The van der Waals surface area contributed by atoms with Crippen molar-refractivity contribution >= 4 is 39.2 Å². The molecule has 0 fully saturated rings. The second-order valence-corrected chi connectivity index (χ2v) is 14.8. The monoisotopic (exact) mass is 331 g/mol. The average molecular weight is 332 g/mol. The molecule has 0 heterocycles. The van der Waals surface area contributed by atoms with E-state index in [0.717, 1.165) is 12.5 Å². The minimum atomic E-state index is -2.27. The molecule has 5 heteroatoms. The first kappa shape index (κ1) is 11.8. The fraction of sp³-hybridized carbons (Fsp3) is 1.00. The van der Waals surface area contributed by atoms with Gasteiger partial charge in [0.05, 0.1) is 0 Å². The van der Waals surface area contributed by atoms with E-state index in [0.29, 0.717) is 21.2 Å². The van der Waals surface area contributed by atoms with Crippen LogP contribution in [0.2, 0.25) is 6.04 Å². The molecule has 0 N–H and O–H groups in total. The first-order valence-electron chi connectivity index (χ1n) is 3.16. The average Bonchev–Trinajstić information content (AvgIpc) is 1.78. The molecule has 0 aromatic carbocycles. The first-order valence-corrected chi connectivity index (χ1v) is 11.5. The molecule has 0 aromatic heterocycles. The van der Waals surface area contributed by atoms with Crippen LogP contribution in [-0.2, 0) is 0 Å². The molecule has 0 rings (SSSR count). The van der Waals surface area contributed by atoms with Gasteiger partial charge in [-0.1, -0.05) is 0 Å². The molecule has 64 valence electrons. The van der Waals surface area contributed by atoms with Crippen molar-refractivity contribution in [1.29, 1.82) is 0 Å². The molecule has 0 saturated carbocycles. The molecule has 10 heavy (non-hydrogen) atoms. The van der Waals surface area contributed by atoms with Crippen molar-refractivity contribution < 1.29 is 21.2 Å². The van der Waals surface area contributed by atoms with Crippen LogP contribution in [0.3, 0.4) is 0 Å². The van der Waals surface area contributed by atoms with E-state index < -0.39 is 6.00 Å². The molecule has 0 aromatic rings. The van der Waals surface area contributed by atoms with E-state index in [1.54, 1.807) is 0 Å². The SMILES string of the molecule is CC[I-]CCC[Si](Cl)(Cl)Cl. The summed E-state index contributed by atoms with van der Waals surface area (Å²) < 4.78 is 2.66. The molecular weight excluding hydrogens is 321 g/mol. The van der Waals surface area contributed by atoms with Crippen LogP contribution in [0.15, 0.2) is 0 Å². The minimum absolute atomic E-state index is 0.420. The predicted molar refractivity (Wildman–Crippen MR) is 48.1 cm³/mol. The van der Waals surface area contributed by atoms with Gasteiger partial charge in [0.2, 0.25) is 0 Å².